The summed E-state index contributed by atoms with van der Waals surface area (Å²) in [5, 5.41) is 13.4. The predicted octanol–water partition coefficient (Wildman–Crippen LogP) is 3.64. The Morgan fingerprint density at radius 2 is 1.71 bits per heavy atom. The van der Waals surface area contributed by atoms with Crippen molar-refractivity contribution in [3.8, 4) is 6.07 Å². The Balaban J connectivity index is 1.33. The van der Waals surface area contributed by atoms with Crippen LogP contribution in [0.2, 0.25) is 0 Å². The van der Waals surface area contributed by atoms with Gasteiger partial charge in [-0.15, -0.1) is 0 Å². The largest absolute Gasteiger partial charge is 0.314 e. The first-order valence-electron chi connectivity index (χ1n) is 8.51. The van der Waals surface area contributed by atoms with Crippen LogP contribution < -0.4 is 5.32 Å². The van der Waals surface area contributed by atoms with Gasteiger partial charge in [0.15, 0.2) is 0 Å². The van der Waals surface area contributed by atoms with Gasteiger partial charge in [0.1, 0.15) is 0 Å². The Bertz CT molecular complexity index is 518. The highest BCUT2D eigenvalue weighted by molar-refractivity contribution is 5.36. The molecule has 3 aliphatic rings. The zero-order valence-corrected chi connectivity index (χ0v) is 12.6. The first-order chi connectivity index (χ1) is 10.3. The standard InChI is InChI=1S/C19H24N2/c20-13-19(16-4-2-1-3-5-16)10-17(11-19)21-12-18(14-6-7-14)15-8-9-15/h1-5,14-15,17-18,21H,6-12H2. The van der Waals surface area contributed by atoms with E-state index in [1.165, 1.54) is 37.8 Å². The molecule has 2 heteroatoms. The van der Waals surface area contributed by atoms with Gasteiger partial charge >= 0.3 is 0 Å². The van der Waals surface area contributed by atoms with Gasteiger partial charge in [-0.1, -0.05) is 30.3 Å². The van der Waals surface area contributed by atoms with Crippen molar-refractivity contribution in [2.45, 2.75) is 50.0 Å². The molecule has 1 aromatic carbocycles. The van der Waals surface area contributed by atoms with Gasteiger partial charge in [-0.05, 0) is 68.4 Å². The molecule has 4 rings (SSSR count). The maximum atomic E-state index is 9.60. The van der Waals surface area contributed by atoms with E-state index in [0.29, 0.717) is 6.04 Å². The van der Waals surface area contributed by atoms with Gasteiger partial charge in [0.2, 0.25) is 0 Å². The smallest absolute Gasteiger partial charge is 0.0852 e. The quantitative estimate of drug-likeness (QED) is 0.863. The number of nitrogens with one attached hydrogen (secondary N) is 1. The Morgan fingerprint density at radius 3 is 2.24 bits per heavy atom. The topological polar surface area (TPSA) is 35.8 Å². The van der Waals surface area contributed by atoms with E-state index in [1.54, 1.807) is 0 Å². The molecule has 3 aliphatic carbocycles. The number of nitrogens with zero attached hydrogens (tertiary/aromatic N) is 1. The van der Waals surface area contributed by atoms with Gasteiger partial charge in [-0.25, -0.2) is 0 Å². The van der Waals surface area contributed by atoms with Gasteiger partial charge in [0.05, 0.1) is 11.5 Å². The van der Waals surface area contributed by atoms with E-state index in [9.17, 15) is 5.26 Å². The zero-order chi connectivity index (χ0) is 14.3. The summed E-state index contributed by atoms with van der Waals surface area (Å²) in [4.78, 5) is 0. The van der Waals surface area contributed by atoms with Gasteiger partial charge in [-0.3, -0.25) is 0 Å². The molecule has 3 fully saturated rings. The molecule has 0 spiro atoms. The molecule has 1 aromatic rings. The SMILES string of the molecule is N#CC1(c2ccccc2)CC(NCC(C2CC2)C2CC2)C1. The molecule has 0 aliphatic heterocycles. The van der Waals surface area contributed by atoms with Crippen LogP contribution >= 0.6 is 0 Å². The second-order valence-electron chi connectivity index (χ2n) is 7.41. The van der Waals surface area contributed by atoms with Crippen molar-refractivity contribution in [2.75, 3.05) is 6.54 Å². The van der Waals surface area contributed by atoms with Crippen molar-refractivity contribution < 1.29 is 0 Å². The van der Waals surface area contributed by atoms with Gasteiger partial charge in [0, 0.05) is 6.04 Å². The van der Waals surface area contributed by atoms with Crippen LogP contribution in [0.4, 0.5) is 0 Å². The van der Waals surface area contributed by atoms with Gasteiger partial charge < -0.3 is 5.32 Å². The molecule has 110 valence electrons. The van der Waals surface area contributed by atoms with E-state index < -0.39 is 0 Å². The Hall–Kier alpha value is -1.33. The van der Waals surface area contributed by atoms with E-state index in [-0.39, 0.29) is 5.41 Å². The molecule has 1 N–H and O–H groups in total. The number of hydrogen-bond donors (Lipinski definition) is 1. The summed E-state index contributed by atoms with van der Waals surface area (Å²) in [6.45, 7) is 1.19. The molecule has 0 bridgehead atoms. The third-order valence-electron chi connectivity index (χ3n) is 5.83. The van der Waals surface area contributed by atoms with E-state index in [0.717, 1.165) is 30.6 Å². The van der Waals surface area contributed by atoms with Crippen LogP contribution in [0.15, 0.2) is 30.3 Å². The summed E-state index contributed by atoms with van der Waals surface area (Å²) in [7, 11) is 0. The Morgan fingerprint density at radius 1 is 1.10 bits per heavy atom. The minimum Gasteiger partial charge on any atom is -0.314 e. The minimum absolute atomic E-state index is 0.229. The maximum Gasteiger partial charge on any atom is 0.0852 e. The molecule has 0 aromatic heterocycles. The third kappa shape index (κ3) is 2.60. The van der Waals surface area contributed by atoms with Crippen molar-refractivity contribution >= 4 is 0 Å². The Labute approximate surface area is 127 Å². The number of hydrogen-bond acceptors (Lipinski definition) is 2. The molecule has 3 saturated carbocycles. The molecule has 0 heterocycles. The number of nitriles is 1. The lowest BCUT2D eigenvalue weighted by atomic mass is 9.62. The van der Waals surface area contributed by atoms with Crippen LogP contribution in [0.25, 0.3) is 0 Å². The van der Waals surface area contributed by atoms with Crippen LogP contribution in [0, 0.1) is 29.1 Å². The first-order valence-corrected chi connectivity index (χ1v) is 8.51. The molecule has 0 saturated heterocycles. The van der Waals surface area contributed by atoms with Crippen molar-refractivity contribution in [3.63, 3.8) is 0 Å². The van der Waals surface area contributed by atoms with Crippen molar-refractivity contribution in [1.29, 1.82) is 5.26 Å². The summed E-state index contributed by atoms with van der Waals surface area (Å²) in [5.74, 6) is 2.96. The Kier molecular flexibility index (Phi) is 3.27. The fourth-order valence-corrected chi connectivity index (χ4v) is 4.14. The van der Waals surface area contributed by atoms with E-state index >= 15 is 0 Å². The molecule has 0 amide bonds. The molecular formula is C19H24N2. The van der Waals surface area contributed by atoms with Crippen molar-refractivity contribution in [2.24, 2.45) is 17.8 Å². The monoisotopic (exact) mass is 280 g/mol. The fraction of sp³-hybridized carbons (Fsp3) is 0.632. The van der Waals surface area contributed by atoms with Gasteiger partial charge in [0.25, 0.3) is 0 Å². The van der Waals surface area contributed by atoms with Crippen LogP contribution in [0.5, 0.6) is 0 Å². The average molecular weight is 280 g/mol. The molecular weight excluding hydrogens is 256 g/mol. The maximum absolute atomic E-state index is 9.60. The van der Waals surface area contributed by atoms with E-state index in [4.69, 9.17) is 0 Å². The van der Waals surface area contributed by atoms with Crippen LogP contribution in [0.1, 0.15) is 44.1 Å². The highest BCUT2D eigenvalue weighted by Crippen LogP contribution is 2.49. The van der Waals surface area contributed by atoms with Crippen LogP contribution in [0.3, 0.4) is 0 Å². The number of rotatable bonds is 6. The molecule has 0 atom stereocenters. The molecule has 2 nitrogen and oxygen atoms in total. The lowest BCUT2D eigenvalue weighted by Gasteiger charge is -2.44. The second-order valence-corrected chi connectivity index (χ2v) is 7.41. The van der Waals surface area contributed by atoms with E-state index in [2.05, 4.69) is 23.5 Å². The lowest BCUT2D eigenvalue weighted by molar-refractivity contribution is 0.210. The van der Waals surface area contributed by atoms with E-state index in [1.807, 2.05) is 18.2 Å². The lowest BCUT2D eigenvalue weighted by Crippen LogP contribution is -2.52. The summed E-state index contributed by atoms with van der Waals surface area (Å²) < 4.78 is 0. The minimum atomic E-state index is -0.229. The predicted molar refractivity (Wildman–Crippen MR) is 83.7 cm³/mol. The highest BCUT2D eigenvalue weighted by atomic mass is 14.9. The zero-order valence-electron chi connectivity index (χ0n) is 12.6. The fourth-order valence-electron chi connectivity index (χ4n) is 4.14. The molecule has 0 radical (unpaired) electrons. The summed E-state index contributed by atoms with van der Waals surface area (Å²) in [6, 6.07) is 13.5. The first kappa shape index (κ1) is 13.3. The summed E-state index contributed by atoms with van der Waals surface area (Å²) >= 11 is 0. The molecule has 0 unspecified atom stereocenters. The third-order valence-corrected chi connectivity index (χ3v) is 5.83. The normalized spacial score (nSPS) is 31.7. The second kappa shape index (κ2) is 5.14. The molecule has 21 heavy (non-hydrogen) atoms. The summed E-state index contributed by atoms with van der Waals surface area (Å²) in [6.07, 6.45) is 7.80. The van der Waals surface area contributed by atoms with Crippen LogP contribution in [-0.2, 0) is 5.41 Å². The number of benzene rings is 1. The van der Waals surface area contributed by atoms with Gasteiger partial charge in [-0.2, -0.15) is 5.26 Å². The van der Waals surface area contributed by atoms with Crippen molar-refractivity contribution in [1.82, 2.24) is 5.32 Å². The van der Waals surface area contributed by atoms with Crippen molar-refractivity contribution in [3.05, 3.63) is 35.9 Å². The summed E-state index contributed by atoms with van der Waals surface area (Å²) in [5.41, 5.74) is 0.972. The van der Waals surface area contributed by atoms with Crippen LogP contribution in [-0.4, -0.2) is 12.6 Å². The highest BCUT2D eigenvalue weighted by Gasteiger charge is 2.47. The average Bonchev–Trinajstić information content (AvgIpc) is 3.37.